The van der Waals surface area contributed by atoms with Gasteiger partial charge in [-0.15, -0.1) is 10.2 Å². The van der Waals surface area contributed by atoms with Crippen molar-refractivity contribution in [1.29, 1.82) is 0 Å². The standard InChI is InChI=1S/C19H23N5O5S/c1-28-15-4-3-12(9-14(15)17(26)29-2)10-20-19(27)24-7-5-13(6-8-24)16(25)22-18-23-21-11-30-18/h3-4,9,11,13H,5-8,10H2,1-2H3,(H,20,27)(H,22,23,25). The minimum absolute atomic E-state index is 0.0969. The van der Waals surface area contributed by atoms with Crippen LogP contribution in [0.4, 0.5) is 9.93 Å². The van der Waals surface area contributed by atoms with Crippen molar-refractivity contribution < 1.29 is 23.9 Å². The topological polar surface area (TPSA) is 123 Å². The van der Waals surface area contributed by atoms with Gasteiger partial charge in [-0.05, 0) is 30.5 Å². The first-order valence-corrected chi connectivity index (χ1v) is 10.2. The van der Waals surface area contributed by atoms with E-state index in [9.17, 15) is 14.4 Å². The van der Waals surface area contributed by atoms with Crippen LogP contribution >= 0.6 is 11.3 Å². The SMILES string of the molecule is COC(=O)c1cc(CNC(=O)N2CCC(C(=O)Nc3nncs3)CC2)ccc1OC. The number of nitrogens with one attached hydrogen (secondary N) is 2. The number of carbonyl (C=O) groups is 3. The molecule has 3 amide bonds. The van der Waals surface area contributed by atoms with Crippen LogP contribution in [0.2, 0.25) is 0 Å². The Balaban J connectivity index is 1.49. The number of esters is 1. The zero-order chi connectivity index (χ0) is 21.5. The molecule has 0 saturated carbocycles. The number of amides is 3. The Labute approximate surface area is 177 Å². The Morgan fingerprint density at radius 2 is 2.00 bits per heavy atom. The predicted octanol–water partition coefficient (Wildman–Crippen LogP) is 1.89. The number of nitrogens with zero attached hydrogens (tertiary/aromatic N) is 3. The molecule has 0 spiro atoms. The summed E-state index contributed by atoms with van der Waals surface area (Å²) in [4.78, 5) is 38.3. The molecule has 1 aliphatic heterocycles. The van der Waals surface area contributed by atoms with E-state index in [0.717, 1.165) is 5.56 Å². The first-order chi connectivity index (χ1) is 14.5. The summed E-state index contributed by atoms with van der Waals surface area (Å²) in [5.74, 6) is -0.359. The summed E-state index contributed by atoms with van der Waals surface area (Å²) in [6, 6.07) is 4.86. The number of ether oxygens (including phenoxy) is 2. The van der Waals surface area contributed by atoms with Gasteiger partial charge in [0.2, 0.25) is 11.0 Å². The molecule has 0 radical (unpaired) electrons. The number of carbonyl (C=O) groups excluding carboxylic acids is 3. The largest absolute Gasteiger partial charge is 0.496 e. The number of hydrogen-bond acceptors (Lipinski definition) is 8. The zero-order valence-electron chi connectivity index (χ0n) is 16.7. The van der Waals surface area contributed by atoms with Crippen molar-refractivity contribution in [3.63, 3.8) is 0 Å². The van der Waals surface area contributed by atoms with Crippen LogP contribution in [0.3, 0.4) is 0 Å². The molecule has 10 nitrogen and oxygen atoms in total. The molecule has 1 aromatic heterocycles. The first-order valence-electron chi connectivity index (χ1n) is 9.37. The van der Waals surface area contributed by atoms with Crippen LogP contribution in [-0.4, -0.2) is 60.3 Å². The zero-order valence-corrected chi connectivity index (χ0v) is 17.5. The van der Waals surface area contributed by atoms with Crippen LogP contribution in [0, 0.1) is 5.92 Å². The van der Waals surface area contributed by atoms with Gasteiger partial charge in [-0.2, -0.15) is 0 Å². The number of benzene rings is 1. The Hall–Kier alpha value is -3.21. The Kier molecular flexibility index (Phi) is 7.17. The number of piperidine rings is 1. The van der Waals surface area contributed by atoms with E-state index in [4.69, 9.17) is 9.47 Å². The Bertz CT molecular complexity index is 897. The maximum absolute atomic E-state index is 12.5. The van der Waals surface area contributed by atoms with Gasteiger partial charge in [-0.1, -0.05) is 17.4 Å². The highest BCUT2D eigenvalue weighted by Crippen LogP contribution is 2.22. The number of hydrogen-bond donors (Lipinski definition) is 2. The van der Waals surface area contributed by atoms with Crippen molar-refractivity contribution in [1.82, 2.24) is 20.4 Å². The van der Waals surface area contributed by atoms with Crippen LogP contribution in [0.25, 0.3) is 0 Å². The smallest absolute Gasteiger partial charge is 0.341 e. The van der Waals surface area contributed by atoms with Crippen molar-refractivity contribution in [2.24, 2.45) is 5.92 Å². The van der Waals surface area contributed by atoms with Crippen molar-refractivity contribution in [3.05, 3.63) is 34.8 Å². The molecule has 30 heavy (non-hydrogen) atoms. The Morgan fingerprint density at radius 1 is 1.23 bits per heavy atom. The lowest BCUT2D eigenvalue weighted by molar-refractivity contribution is -0.121. The molecule has 1 saturated heterocycles. The average Bonchev–Trinajstić information content (AvgIpc) is 3.29. The summed E-state index contributed by atoms with van der Waals surface area (Å²) in [6.45, 7) is 1.22. The lowest BCUT2D eigenvalue weighted by atomic mass is 9.96. The molecule has 1 aromatic carbocycles. The summed E-state index contributed by atoms with van der Waals surface area (Å²) >= 11 is 1.27. The number of anilines is 1. The second-order valence-electron chi connectivity index (χ2n) is 6.68. The third kappa shape index (κ3) is 5.23. The van der Waals surface area contributed by atoms with Gasteiger partial charge >= 0.3 is 12.0 Å². The fraction of sp³-hybridized carbons (Fsp3) is 0.421. The van der Waals surface area contributed by atoms with Gasteiger partial charge in [0, 0.05) is 25.6 Å². The molecule has 11 heteroatoms. The molecule has 0 bridgehead atoms. The van der Waals surface area contributed by atoms with Gasteiger partial charge < -0.3 is 25.0 Å². The molecule has 0 unspecified atom stereocenters. The van der Waals surface area contributed by atoms with E-state index in [1.54, 1.807) is 28.6 Å². The number of rotatable bonds is 6. The average molecular weight is 433 g/mol. The summed E-state index contributed by atoms with van der Waals surface area (Å²) in [5, 5.41) is 13.6. The third-order valence-electron chi connectivity index (χ3n) is 4.86. The molecule has 2 N–H and O–H groups in total. The van der Waals surface area contributed by atoms with E-state index < -0.39 is 5.97 Å². The Morgan fingerprint density at radius 3 is 2.63 bits per heavy atom. The van der Waals surface area contributed by atoms with Crippen LogP contribution in [0.1, 0.15) is 28.8 Å². The summed E-state index contributed by atoms with van der Waals surface area (Å²) in [6.07, 6.45) is 1.15. The third-order valence-corrected chi connectivity index (χ3v) is 5.46. The van der Waals surface area contributed by atoms with Gasteiger partial charge in [0.15, 0.2) is 0 Å². The fourth-order valence-corrected chi connectivity index (χ4v) is 3.65. The molecule has 1 aliphatic rings. The highest BCUT2D eigenvalue weighted by atomic mass is 32.1. The maximum Gasteiger partial charge on any atom is 0.341 e. The number of aromatic nitrogens is 2. The summed E-state index contributed by atoms with van der Waals surface area (Å²) in [7, 11) is 2.77. The number of likely N-dealkylation sites (tertiary alicyclic amines) is 1. The minimum Gasteiger partial charge on any atom is -0.496 e. The summed E-state index contributed by atoms with van der Waals surface area (Å²) < 4.78 is 9.93. The van der Waals surface area contributed by atoms with Crippen molar-refractivity contribution in [3.8, 4) is 5.75 Å². The molecule has 160 valence electrons. The van der Waals surface area contributed by atoms with Gasteiger partial charge in [-0.3, -0.25) is 4.79 Å². The molecule has 3 rings (SSSR count). The van der Waals surface area contributed by atoms with Gasteiger partial charge in [0.25, 0.3) is 0 Å². The van der Waals surface area contributed by atoms with E-state index in [1.807, 2.05) is 0 Å². The molecule has 0 aliphatic carbocycles. The van der Waals surface area contributed by atoms with Gasteiger partial charge in [0.1, 0.15) is 16.8 Å². The number of methoxy groups -OCH3 is 2. The molecule has 1 fully saturated rings. The van der Waals surface area contributed by atoms with E-state index in [0.29, 0.717) is 42.4 Å². The minimum atomic E-state index is -0.506. The van der Waals surface area contributed by atoms with E-state index in [-0.39, 0.29) is 24.4 Å². The maximum atomic E-state index is 12.5. The van der Waals surface area contributed by atoms with Crippen molar-refractivity contribution >= 4 is 34.4 Å². The van der Waals surface area contributed by atoms with Gasteiger partial charge in [-0.25, -0.2) is 9.59 Å². The van der Waals surface area contributed by atoms with E-state index >= 15 is 0 Å². The second kappa shape index (κ2) is 10.0. The van der Waals surface area contributed by atoms with Crippen LogP contribution < -0.4 is 15.4 Å². The lowest BCUT2D eigenvalue weighted by Crippen LogP contribution is -2.45. The van der Waals surface area contributed by atoms with Crippen LogP contribution in [0.15, 0.2) is 23.7 Å². The van der Waals surface area contributed by atoms with E-state index in [2.05, 4.69) is 20.8 Å². The highest BCUT2D eigenvalue weighted by Gasteiger charge is 2.27. The summed E-state index contributed by atoms with van der Waals surface area (Å²) in [5.41, 5.74) is 2.60. The first kappa shape index (κ1) is 21.5. The van der Waals surface area contributed by atoms with Crippen LogP contribution in [0.5, 0.6) is 5.75 Å². The van der Waals surface area contributed by atoms with Gasteiger partial charge in [0.05, 0.1) is 14.2 Å². The molecular weight excluding hydrogens is 410 g/mol. The fourth-order valence-electron chi connectivity index (χ4n) is 3.20. The molecular formula is C19H23N5O5S. The quantitative estimate of drug-likeness (QED) is 0.667. The number of urea groups is 1. The second-order valence-corrected chi connectivity index (χ2v) is 7.51. The van der Waals surface area contributed by atoms with Crippen molar-refractivity contribution in [2.45, 2.75) is 19.4 Å². The van der Waals surface area contributed by atoms with Crippen LogP contribution in [-0.2, 0) is 16.1 Å². The molecule has 2 heterocycles. The molecule has 0 atom stereocenters. The normalized spacial score (nSPS) is 14.1. The van der Waals surface area contributed by atoms with Crippen molar-refractivity contribution in [2.75, 3.05) is 32.6 Å². The van der Waals surface area contributed by atoms with E-state index in [1.165, 1.54) is 25.6 Å². The monoisotopic (exact) mass is 433 g/mol. The predicted molar refractivity (Wildman–Crippen MR) is 109 cm³/mol. The highest BCUT2D eigenvalue weighted by molar-refractivity contribution is 7.13. The lowest BCUT2D eigenvalue weighted by Gasteiger charge is -2.31. The molecule has 2 aromatic rings.